The third-order valence-corrected chi connectivity index (χ3v) is 2.49. The highest BCUT2D eigenvalue weighted by atomic mass is 19.4. The van der Waals surface area contributed by atoms with Crippen molar-refractivity contribution in [2.24, 2.45) is 0 Å². The van der Waals surface area contributed by atoms with Gasteiger partial charge in [-0.1, -0.05) is 6.07 Å². The molecule has 0 N–H and O–H groups in total. The Labute approximate surface area is 118 Å². The summed E-state index contributed by atoms with van der Waals surface area (Å²) in [6.45, 7) is -0.662. The number of aromatic nitrogens is 1. The molecule has 0 saturated carbocycles. The Morgan fingerprint density at radius 1 is 1.33 bits per heavy atom. The third kappa shape index (κ3) is 4.15. The van der Waals surface area contributed by atoms with Crippen LogP contribution in [0.3, 0.4) is 0 Å². The Morgan fingerprint density at radius 3 is 2.43 bits per heavy atom. The van der Waals surface area contributed by atoms with Crippen LogP contribution >= 0.6 is 0 Å². The van der Waals surface area contributed by atoms with Crippen LogP contribution in [-0.2, 0) is 14.3 Å². The second-order valence-electron chi connectivity index (χ2n) is 3.85. The van der Waals surface area contributed by atoms with Crippen molar-refractivity contribution in [3.05, 3.63) is 30.1 Å². The van der Waals surface area contributed by atoms with Gasteiger partial charge in [0.2, 0.25) is 0 Å². The van der Waals surface area contributed by atoms with E-state index in [1.807, 2.05) is 0 Å². The summed E-state index contributed by atoms with van der Waals surface area (Å²) in [6.07, 6.45) is -3.92. The first-order valence-corrected chi connectivity index (χ1v) is 5.71. The number of halogens is 3. The average molecular weight is 306 g/mol. The van der Waals surface area contributed by atoms with Crippen LogP contribution in [0.2, 0.25) is 0 Å². The van der Waals surface area contributed by atoms with Gasteiger partial charge in [0.1, 0.15) is 5.69 Å². The van der Waals surface area contributed by atoms with Gasteiger partial charge in [0, 0.05) is 13.3 Å². The van der Waals surface area contributed by atoms with E-state index in [9.17, 15) is 22.8 Å². The van der Waals surface area contributed by atoms with Crippen molar-refractivity contribution < 1.29 is 32.2 Å². The molecule has 1 atom stereocenters. The first-order valence-electron chi connectivity index (χ1n) is 5.71. The van der Waals surface area contributed by atoms with E-state index in [2.05, 4.69) is 14.5 Å². The van der Waals surface area contributed by atoms with Gasteiger partial charge in [-0.15, -0.1) is 13.2 Å². The fraction of sp³-hybridized carbons (Fsp3) is 0.417. The first kappa shape index (κ1) is 16.9. The SMILES string of the molecule is COCC(C(=O)OC)N(C(=O)c1ccccn1)C(F)(F)F. The molecule has 1 unspecified atom stereocenters. The van der Waals surface area contributed by atoms with Crippen LogP contribution in [0, 0.1) is 0 Å². The van der Waals surface area contributed by atoms with Crippen molar-refractivity contribution in [1.82, 2.24) is 9.88 Å². The lowest BCUT2D eigenvalue weighted by Crippen LogP contribution is -2.55. The summed E-state index contributed by atoms with van der Waals surface area (Å²) in [5.74, 6) is -2.70. The normalized spacial score (nSPS) is 12.6. The number of carbonyl (C=O) groups excluding carboxylic acids is 2. The molecule has 0 spiro atoms. The van der Waals surface area contributed by atoms with E-state index < -0.39 is 41.4 Å². The highest BCUT2D eigenvalue weighted by Gasteiger charge is 2.49. The lowest BCUT2D eigenvalue weighted by molar-refractivity contribution is -0.242. The predicted octanol–water partition coefficient (Wildman–Crippen LogP) is 1.23. The zero-order valence-electron chi connectivity index (χ0n) is 11.3. The molecule has 1 heterocycles. The van der Waals surface area contributed by atoms with Crippen LogP contribution in [0.4, 0.5) is 13.2 Å². The number of nitrogens with zero attached hydrogens (tertiary/aromatic N) is 2. The zero-order chi connectivity index (χ0) is 16.0. The number of carbonyl (C=O) groups is 2. The molecular weight excluding hydrogens is 293 g/mol. The Bertz CT molecular complexity index is 493. The third-order valence-electron chi connectivity index (χ3n) is 2.49. The number of methoxy groups -OCH3 is 2. The van der Waals surface area contributed by atoms with Crippen LogP contribution in [-0.4, -0.2) is 54.9 Å². The second-order valence-corrected chi connectivity index (χ2v) is 3.85. The molecular formula is C12H13F3N2O4. The van der Waals surface area contributed by atoms with Gasteiger partial charge >= 0.3 is 12.3 Å². The van der Waals surface area contributed by atoms with Gasteiger partial charge in [-0.2, -0.15) is 0 Å². The maximum Gasteiger partial charge on any atom is 0.488 e. The van der Waals surface area contributed by atoms with Gasteiger partial charge in [-0.05, 0) is 12.1 Å². The van der Waals surface area contributed by atoms with Gasteiger partial charge in [0.25, 0.3) is 5.91 Å². The summed E-state index contributed by atoms with van der Waals surface area (Å²) < 4.78 is 48.3. The standard InChI is InChI=1S/C12H13F3N2O4/c1-20-7-9(11(19)21-2)17(12(13,14)15)10(18)8-5-3-4-6-16-8/h3-6,9H,7H2,1-2H3. The highest BCUT2D eigenvalue weighted by molar-refractivity contribution is 5.95. The number of amides is 1. The number of hydrogen-bond acceptors (Lipinski definition) is 5. The van der Waals surface area contributed by atoms with Gasteiger partial charge in [-0.3, -0.25) is 9.78 Å². The molecule has 1 aromatic heterocycles. The molecule has 9 heteroatoms. The first-order chi connectivity index (χ1) is 9.82. The fourth-order valence-electron chi connectivity index (χ4n) is 1.59. The second kappa shape index (κ2) is 7.02. The summed E-state index contributed by atoms with van der Waals surface area (Å²) in [5.41, 5.74) is -0.445. The Kier molecular flexibility index (Phi) is 5.65. The zero-order valence-corrected chi connectivity index (χ0v) is 11.3. The van der Waals surface area contributed by atoms with E-state index >= 15 is 0 Å². The van der Waals surface area contributed by atoms with E-state index in [-0.39, 0.29) is 0 Å². The molecule has 1 amide bonds. The molecule has 0 saturated heterocycles. The van der Waals surface area contributed by atoms with Crippen LogP contribution in [0.15, 0.2) is 24.4 Å². The number of alkyl halides is 3. The summed E-state index contributed by atoms with van der Waals surface area (Å²) in [7, 11) is 2.03. The minimum absolute atomic E-state index is 0.445. The van der Waals surface area contributed by atoms with Crippen LogP contribution < -0.4 is 0 Å². The molecule has 0 aliphatic rings. The van der Waals surface area contributed by atoms with E-state index in [1.165, 1.54) is 18.3 Å². The maximum absolute atomic E-state index is 13.1. The number of hydrogen-bond donors (Lipinski definition) is 0. The van der Waals surface area contributed by atoms with Gasteiger partial charge in [-0.25, -0.2) is 9.69 Å². The van der Waals surface area contributed by atoms with Crippen LogP contribution in [0.1, 0.15) is 10.5 Å². The minimum Gasteiger partial charge on any atom is -0.467 e. The van der Waals surface area contributed by atoms with Gasteiger partial charge in [0.15, 0.2) is 6.04 Å². The maximum atomic E-state index is 13.1. The van der Waals surface area contributed by atoms with E-state index in [4.69, 9.17) is 0 Å². The fourth-order valence-corrected chi connectivity index (χ4v) is 1.59. The number of pyridine rings is 1. The molecule has 1 aromatic rings. The monoisotopic (exact) mass is 306 g/mol. The molecule has 0 aliphatic carbocycles. The van der Waals surface area contributed by atoms with Crippen molar-refractivity contribution in [2.75, 3.05) is 20.8 Å². The Hall–Kier alpha value is -2.16. The number of esters is 1. The topological polar surface area (TPSA) is 68.7 Å². The Morgan fingerprint density at radius 2 is 2.00 bits per heavy atom. The van der Waals surface area contributed by atoms with Crippen molar-refractivity contribution >= 4 is 11.9 Å². The molecule has 6 nitrogen and oxygen atoms in total. The van der Waals surface area contributed by atoms with E-state index in [0.717, 1.165) is 20.3 Å². The summed E-state index contributed by atoms with van der Waals surface area (Å²) >= 11 is 0. The molecule has 1 rings (SSSR count). The number of ether oxygens (including phenoxy) is 2. The van der Waals surface area contributed by atoms with Crippen molar-refractivity contribution in [1.29, 1.82) is 0 Å². The summed E-state index contributed by atoms with van der Waals surface area (Å²) in [5, 5.41) is 0. The van der Waals surface area contributed by atoms with Gasteiger partial charge in [0.05, 0.1) is 13.7 Å². The van der Waals surface area contributed by atoms with Gasteiger partial charge < -0.3 is 9.47 Å². The van der Waals surface area contributed by atoms with Crippen LogP contribution in [0.25, 0.3) is 0 Å². The molecule has 0 fully saturated rings. The lowest BCUT2D eigenvalue weighted by atomic mass is 10.2. The lowest BCUT2D eigenvalue weighted by Gasteiger charge is -2.30. The quantitative estimate of drug-likeness (QED) is 0.604. The molecule has 0 aromatic carbocycles. The summed E-state index contributed by atoms with van der Waals surface area (Å²) in [4.78, 5) is 26.5. The van der Waals surface area contributed by atoms with Crippen LogP contribution in [0.5, 0.6) is 0 Å². The minimum atomic E-state index is -5.09. The smallest absolute Gasteiger partial charge is 0.467 e. The molecule has 0 bridgehead atoms. The number of rotatable bonds is 5. The van der Waals surface area contributed by atoms with E-state index in [0.29, 0.717) is 0 Å². The van der Waals surface area contributed by atoms with Crippen molar-refractivity contribution in [2.45, 2.75) is 12.3 Å². The van der Waals surface area contributed by atoms with Crippen molar-refractivity contribution in [3.63, 3.8) is 0 Å². The molecule has 21 heavy (non-hydrogen) atoms. The largest absolute Gasteiger partial charge is 0.488 e. The van der Waals surface area contributed by atoms with Crippen molar-refractivity contribution in [3.8, 4) is 0 Å². The molecule has 0 radical (unpaired) electrons. The van der Waals surface area contributed by atoms with E-state index in [1.54, 1.807) is 0 Å². The molecule has 116 valence electrons. The predicted molar refractivity (Wildman–Crippen MR) is 64.1 cm³/mol. The average Bonchev–Trinajstić information content (AvgIpc) is 2.45. The Balaban J connectivity index is 3.21. The highest BCUT2D eigenvalue weighted by Crippen LogP contribution is 2.26. The summed E-state index contributed by atoms with van der Waals surface area (Å²) in [6, 6.07) is 1.97. The molecule has 0 aliphatic heterocycles.